The number of halogens is 1. The molecule has 1 aliphatic rings. The van der Waals surface area contributed by atoms with Crippen LogP contribution in [0.5, 0.6) is 0 Å². The van der Waals surface area contributed by atoms with Crippen LogP contribution in [-0.4, -0.2) is 40.7 Å². The summed E-state index contributed by atoms with van der Waals surface area (Å²) in [7, 11) is 3.45. The van der Waals surface area contributed by atoms with E-state index in [9.17, 15) is 4.79 Å². The number of esters is 1. The molecule has 0 bridgehead atoms. The summed E-state index contributed by atoms with van der Waals surface area (Å²) in [6.07, 6.45) is 5.98. The second kappa shape index (κ2) is 7.19. The lowest BCUT2D eigenvalue weighted by Crippen LogP contribution is -2.37. The molecule has 0 unspecified atom stereocenters. The molecule has 0 fully saturated rings. The van der Waals surface area contributed by atoms with Gasteiger partial charge >= 0.3 is 5.97 Å². The molecule has 2 aromatic heterocycles. The lowest BCUT2D eigenvalue weighted by atomic mass is 9.90. The molecule has 6 nitrogen and oxygen atoms in total. The number of hydrogen-bond acceptors (Lipinski definition) is 5. The van der Waals surface area contributed by atoms with Crippen LogP contribution >= 0.6 is 11.6 Å². The Morgan fingerprint density at radius 3 is 2.81 bits per heavy atom. The highest BCUT2D eigenvalue weighted by Gasteiger charge is 2.29. The van der Waals surface area contributed by atoms with Crippen molar-refractivity contribution in [2.24, 2.45) is 0 Å². The van der Waals surface area contributed by atoms with E-state index in [1.54, 1.807) is 12.4 Å². The predicted octanol–water partition coefficient (Wildman–Crippen LogP) is 3.25. The van der Waals surface area contributed by atoms with E-state index in [0.717, 1.165) is 24.8 Å². The van der Waals surface area contributed by atoms with E-state index in [4.69, 9.17) is 16.3 Å². The SMILES string of the molecule is COC(=O)Cn1c2c(c3ccccc31)C[C@H](N(C)c1ncc(Cl)cn1)CC2. The molecule has 3 aromatic rings. The van der Waals surface area contributed by atoms with Crippen molar-refractivity contribution >= 4 is 34.4 Å². The Bertz CT molecular complexity index is 984. The van der Waals surface area contributed by atoms with Gasteiger partial charge in [0.15, 0.2) is 0 Å². The fourth-order valence-corrected chi connectivity index (χ4v) is 4.04. The fourth-order valence-electron chi connectivity index (χ4n) is 3.94. The third kappa shape index (κ3) is 3.25. The van der Waals surface area contributed by atoms with Gasteiger partial charge in [-0.25, -0.2) is 9.97 Å². The average molecular weight is 385 g/mol. The maximum Gasteiger partial charge on any atom is 0.325 e. The largest absolute Gasteiger partial charge is 0.468 e. The second-order valence-electron chi connectivity index (χ2n) is 6.81. The van der Waals surface area contributed by atoms with Crippen molar-refractivity contribution in [1.82, 2.24) is 14.5 Å². The normalized spacial score (nSPS) is 16.2. The molecule has 0 saturated carbocycles. The molecule has 4 rings (SSSR count). The Labute approximate surface area is 162 Å². The van der Waals surface area contributed by atoms with E-state index in [-0.39, 0.29) is 18.6 Å². The first-order valence-corrected chi connectivity index (χ1v) is 9.32. The molecule has 0 spiro atoms. The number of ether oxygens (including phenoxy) is 1. The zero-order valence-electron chi connectivity index (χ0n) is 15.4. The van der Waals surface area contributed by atoms with Crippen molar-refractivity contribution in [2.75, 3.05) is 19.1 Å². The molecular formula is C20H21ClN4O2. The third-order valence-corrected chi connectivity index (χ3v) is 5.53. The Morgan fingerprint density at radius 2 is 2.07 bits per heavy atom. The van der Waals surface area contributed by atoms with Crippen LogP contribution in [0.25, 0.3) is 10.9 Å². The smallest absolute Gasteiger partial charge is 0.325 e. The van der Waals surface area contributed by atoms with Crippen LogP contribution in [0.1, 0.15) is 17.7 Å². The number of fused-ring (bicyclic) bond motifs is 3. The van der Waals surface area contributed by atoms with Crippen molar-refractivity contribution in [3.05, 3.63) is 52.9 Å². The number of hydrogen-bond donors (Lipinski definition) is 0. The van der Waals surface area contributed by atoms with E-state index in [0.29, 0.717) is 11.0 Å². The summed E-state index contributed by atoms with van der Waals surface area (Å²) in [6, 6.07) is 8.53. The molecule has 0 saturated heterocycles. The molecule has 0 radical (unpaired) electrons. The van der Waals surface area contributed by atoms with E-state index < -0.39 is 0 Å². The summed E-state index contributed by atoms with van der Waals surface area (Å²) in [4.78, 5) is 22.7. The topological polar surface area (TPSA) is 60.2 Å². The van der Waals surface area contributed by atoms with Crippen LogP contribution in [0.2, 0.25) is 5.02 Å². The maximum absolute atomic E-state index is 11.9. The molecule has 140 valence electrons. The van der Waals surface area contributed by atoms with Gasteiger partial charge in [-0.1, -0.05) is 29.8 Å². The number of aromatic nitrogens is 3. The van der Waals surface area contributed by atoms with Gasteiger partial charge in [-0.15, -0.1) is 0 Å². The standard InChI is InChI=1S/C20H21ClN4O2/c1-24(20-22-10-13(21)11-23-20)14-7-8-18-16(9-14)15-5-3-4-6-17(15)25(18)12-19(26)27-2/h3-6,10-11,14H,7-9,12H2,1-2H3/t14-/m1/s1. The number of rotatable bonds is 4. The van der Waals surface area contributed by atoms with E-state index in [1.165, 1.54) is 23.8 Å². The minimum atomic E-state index is -0.229. The molecule has 0 aliphatic heterocycles. The highest BCUT2D eigenvalue weighted by Crippen LogP contribution is 2.34. The van der Waals surface area contributed by atoms with Gasteiger partial charge in [0.2, 0.25) is 5.95 Å². The first-order chi connectivity index (χ1) is 13.1. The Balaban J connectivity index is 1.69. The van der Waals surface area contributed by atoms with Gasteiger partial charge in [-0.3, -0.25) is 4.79 Å². The third-order valence-electron chi connectivity index (χ3n) is 5.33. The maximum atomic E-state index is 11.9. The van der Waals surface area contributed by atoms with E-state index in [2.05, 4.69) is 31.6 Å². The number of carbonyl (C=O) groups excluding carboxylic acids is 1. The van der Waals surface area contributed by atoms with Crippen LogP contribution in [0, 0.1) is 0 Å². The molecule has 1 atom stereocenters. The fraction of sp³-hybridized carbons (Fsp3) is 0.350. The number of nitrogens with zero attached hydrogens (tertiary/aromatic N) is 4. The predicted molar refractivity (Wildman–Crippen MR) is 105 cm³/mol. The van der Waals surface area contributed by atoms with Gasteiger partial charge < -0.3 is 14.2 Å². The quantitative estimate of drug-likeness (QED) is 0.646. The number of para-hydroxylation sites is 1. The summed E-state index contributed by atoms with van der Waals surface area (Å²) in [5.74, 6) is 0.443. The van der Waals surface area contributed by atoms with Crippen LogP contribution in [-0.2, 0) is 28.9 Å². The molecule has 0 N–H and O–H groups in total. The van der Waals surface area contributed by atoms with Gasteiger partial charge in [0, 0.05) is 29.7 Å². The van der Waals surface area contributed by atoms with E-state index >= 15 is 0 Å². The molecular weight excluding hydrogens is 364 g/mol. The number of likely N-dealkylation sites (N-methyl/N-ethyl adjacent to an activating group) is 1. The minimum absolute atomic E-state index is 0.229. The van der Waals surface area contributed by atoms with Gasteiger partial charge in [0.05, 0.1) is 24.5 Å². The van der Waals surface area contributed by atoms with Crippen molar-refractivity contribution in [3.63, 3.8) is 0 Å². The number of benzene rings is 1. The molecule has 0 amide bonds. The molecule has 1 aromatic carbocycles. The first kappa shape index (κ1) is 17.8. The van der Waals surface area contributed by atoms with Gasteiger partial charge in [0.25, 0.3) is 0 Å². The van der Waals surface area contributed by atoms with Gasteiger partial charge in [-0.2, -0.15) is 0 Å². The summed E-state index contributed by atoms with van der Waals surface area (Å²) >= 11 is 5.91. The molecule has 7 heteroatoms. The lowest BCUT2D eigenvalue weighted by molar-refractivity contribution is -0.141. The summed E-state index contributed by atoms with van der Waals surface area (Å²) in [5, 5.41) is 1.73. The molecule has 27 heavy (non-hydrogen) atoms. The van der Waals surface area contributed by atoms with Crippen LogP contribution in [0.15, 0.2) is 36.7 Å². The van der Waals surface area contributed by atoms with Crippen molar-refractivity contribution < 1.29 is 9.53 Å². The number of carbonyl (C=O) groups is 1. The average Bonchev–Trinajstić information content (AvgIpc) is 3.01. The van der Waals surface area contributed by atoms with Crippen LogP contribution < -0.4 is 4.90 Å². The van der Waals surface area contributed by atoms with Crippen LogP contribution in [0.4, 0.5) is 5.95 Å². The highest BCUT2D eigenvalue weighted by molar-refractivity contribution is 6.30. The monoisotopic (exact) mass is 384 g/mol. The highest BCUT2D eigenvalue weighted by atomic mass is 35.5. The van der Waals surface area contributed by atoms with Crippen molar-refractivity contribution in [2.45, 2.75) is 31.8 Å². The van der Waals surface area contributed by atoms with E-state index in [1.807, 2.05) is 19.2 Å². The Kier molecular flexibility index (Phi) is 4.74. The summed E-state index contributed by atoms with van der Waals surface area (Å²) < 4.78 is 7.00. The van der Waals surface area contributed by atoms with Crippen molar-refractivity contribution in [3.8, 4) is 0 Å². The number of anilines is 1. The zero-order valence-corrected chi connectivity index (χ0v) is 16.1. The van der Waals surface area contributed by atoms with Crippen LogP contribution in [0.3, 0.4) is 0 Å². The van der Waals surface area contributed by atoms with Crippen molar-refractivity contribution in [1.29, 1.82) is 0 Å². The lowest BCUT2D eigenvalue weighted by Gasteiger charge is -2.32. The first-order valence-electron chi connectivity index (χ1n) is 8.94. The van der Waals surface area contributed by atoms with Gasteiger partial charge in [-0.05, 0) is 30.9 Å². The summed E-state index contributed by atoms with van der Waals surface area (Å²) in [6.45, 7) is 0.243. The minimum Gasteiger partial charge on any atom is -0.468 e. The Hall–Kier alpha value is -2.60. The zero-order chi connectivity index (χ0) is 19.0. The summed E-state index contributed by atoms with van der Waals surface area (Å²) in [5.41, 5.74) is 3.61. The second-order valence-corrected chi connectivity index (χ2v) is 7.25. The number of methoxy groups -OCH3 is 1. The molecule has 1 aliphatic carbocycles. The molecule has 2 heterocycles. The Morgan fingerprint density at radius 1 is 1.33 bits per heavy atom. The van der Waals surface area contributed by atoms with Gasteiger partial charge in [0.1, 0.15) is 6.54 Å².